The van der Waals surface area contributed by atoms with Crippen molar-refractivity contribution in [3.63, 3.8) is 0 Å². The van der Waals surface area contributed by atoms with Crippen LogP contribution in [0.1, 0.15) is 10.4 Å². The predicted molar refractivity (Wildman–Crippen MR) is 112 cm³/mol. The van der Waals surface area contributed by atoms with E-state index in [1.807, 2.05) is 0 Å². The van der Waals surface area contributed by atoms with Gasteiger partial charge in [0, 0.05) is 56.4 Å². The van der Waals surface area contributed by atoms with E-state index in [1.165, 1.54) is 23.2 Å². The summed E-state index contributed by atoms with van der Waals surface area (Å²) in [5.41, 5.74) is 0.681. The van der Waals surface area contributed by atoms with E-state index in [4.69, 9.17) is 9.26 Å². The van der Waals surface area contributed by atoms with Crippen LogP contribution >= 0.6 is 0 Å². The lowest BCUT2D eigenvalue weighted by molar-refractivity contribution is -0.127. The average molecular weight is 456 g/mol. The number of halogens is 1. The van der Waals surface area contributed by atoms with Gasteiger partial charge in [-0.2, -0.15) is 4.98 Å². The number of fused-ring (bicyclic) bond motifs is 1. The largest absolute Gasteiger partial charge is 0.378 e. The molecule has 3 amide bonds. The van der Waals surface area contributed by atoms with Crippen LogP contribution in [0.25, 0.3) is 22.3 Å². The zero-order chi connectivity index (χ0) is 22.9. The zero-order valence-electron chi connectivity index (χ0n) is 17.6. The van der Waals surface area contributed by atoms with Gasteiger partial charge in [0.05, 0.1) is 24.3 Å². The molecule has 0 spiro atoms. The molecule has 2 saturated heterocycles. The number of ether oxygens (including phenoxy) is 1. The Morgan fingerprint density at radius 1 is 0.970 bits per heavy atom. The van der Waals surface area contributed by atoms with Gasteiger partial charge in [-0.3, -0.25) is 9.59 Å². The van der Waals surface area contributed by atoms with Gasteiger partial charge in [0.1, 0.15) is 5.82 Å². The Bertz CT molecular complexity index is 1200. The van der Waals surface area contributed by atoms with Gasteiger partial charge in [0.2, 0.25) is 12.2 Å². The predicted octanol–water partition coefficient (Wildman–Crippen LogP) is 1.14. The molecule has 33 heavy (non-hydrogen) atoms. The molecule has 3 aromatic rings. The maximum atomic E-state index is 14.7. The minimum Gasteiger partial charge on any atom is -0.378 e. The van der Waals surface area contributed by atoms with Gasteiger partial charge in [0.25, 0.3) is 11.7 Å². The quantitative estimate of drug-likeness (QED) is 0.463. The molecule has 2 fully saturated rings. The summed E-state index contributed by atoms with van der Waals surface area (Å²) < 4.78 is 24.7. The van der Waals surface area contributed by atoms with Gasteiger partial charge in [-0.25, -0.2) is 9.18 Å². The number of aromatic amines is 1. The third kappa shape index (κ3) is 3.82. The molecule has 4 heterocycles. The summed E-state index contributed by atoms with van der Waals surface area (Å²) in [5, 5.41) is 3.75. The molecule has 0 unspecified atom stereocenters. The molecule has 11 nitrogen and oxygen atoms in total. The molecule has 0 saturated carbocycles. The number of piperazine rings is 1. The first-order valence-electron chi connectivity index (χ1n) is 10.6. The summed E-state index contributed by atoms with van der Waals surface area (Å²) >= 11 is 0. The maximum Gasteiger partial charge on any atom is 0.320 e. The average Bonchev–Trinajstić information content (AvgIpc) is 3.55. The molecule has 5 rings (SSSR count). The summed E-state index contributed by atoms with van der Waals surface area (Å²) in [5.74, 6) is -1.97. The summed E-state index contributed by atoms with van der Waals surface area (Å²) in [6.45, 7) is 3.17. The standard InChI is InChI=1S/C21H21FN6O5/c22-15-2-1-13(19-24-12-33-25-19)17-16(15)14(11-23-17)18(29)20(30)26-3-5-27(6-4-26)21(31)28-7-9-32-10-8-28/h1-2,11-12,23H,3-10H2. The van der Waals surface area contributed by atoms with Crippen LogP contribution in [0.3, 0.4) is 0 Å². The molecule has 0 bridgehead atoms. The van der Waals surface area contributed by atoms with Gasteiger partial charge >= 0.3 is 6.03 Å². The fraction of sp³-hybridized carbons (Fsp3) is 0.381. The highest BCUT2D eigenvalue weighted by Gasteiger charge is 2.32. The number of amides is 3. The minimum absolute atomic E-state index is 0.00298. The van der Waals surface area contributed by atoms with E-state index in [0.717, 1.165) is 6.39 Å². The van der Waals surface area contributed by atoms with Crippen molar-refractivity contribution in [1.82, 2.24) is 29.8 Å². The number of carbonyl (C=O) groups is 3. The van der Waals surface area contributed by atoms with Crippen molar-refractivity contribution in [3.05, 3.63) is 36.1 Å². The molecular weight excluding hydrogens is 435 g/mol. The van der Waals surface area contributed by atoms with Crippen LogP contribution in [0.5, 0.6) is 0 Å². The first-order chi connectivity index (χ1) is 16.0. The second-order valence-electron chi connectivity index (χ2n) is 7.79. The molecule has 172 valence electrons. The van der Waals surface area contributed by atoms with E-state index in [1.54, 1.807) is 9.80 Å². The number of morpholine rings is 1. The number of nitrogens with zero attached hydrogens (tertiary/aromatic N) is 5. The number of benzene rings is 1. The van der Waals surface area contributed by atoms with Crippen LogP contribution in [0.4, 0.5) is 9.18 Å². The Hall–Kier alpha value is -3.80. The molecule has 0 aliphatic carbocycles. The Morgan fingerprint density at radius 3 is 2.36 bits per heavy atom. The second kappa shape index (κ2) is 8.62. The highest BCUT2D eigenvalue weighted by Crippen LogP contribution is 2.30. The molecule has 12 heteroatoms. The van der Waals surface area contributed by atoms with Crippen molar-refractivity contribution in [1.29, 1.82) is 0 Å². The number of H-pyrrole nitrogens is 1. The number of aromatic nitrogens is 3. The van der Waals surface area contributed by atoms with E-state index in [2.05, 4.69) is 15.1 Å². The first kappa shape index (κ1) is 21.1. The Morgan fingerprint density at radius 2 is 1.67 bits per heavy atom. The lowest BCUT2D eigenvalue weighted by Crippen LogP contribution is -2.56. The summed E-state index contributed by atoms with van der Waals surface area (Å²) in [7, 11) is 0. The van der Waals surface area contributed by atoms with Crippen LogP contribution in [0.2, 0.25) is 0 Å². The molecule has 2 aliphatic rings. The van der Waals surface area contributed by atoms with Crippen molar-refractivity contribution in [2.75, 3.05) is 52.5 Å². The molecule has 0 atom stereocenters. The number of urea groups is 1. The second-order valence-corrected chi connectivity index (χ2v) is 7.79. The van der Waals surface area contributed by atoms with E-state index < -0.39 is 17.5 Å². The van der Waals surface area contributed by atoms with Crippen molar-refractivity contribution in [2.24, 2.45) is 0 Å². The summed E-state index contributed by atoms with van der Waals surface area (Å²) in [6.07, 6.45) is 2.46. The van der Waals surface area contributed by atoms with Crippen molar-refractivity contribution >= 4 is 28.6 Å². The minimum atomic E-state index is -0.821. The maximum absolute atomic E-state index is 14.7. The fourth-order valence-corrected chi connectivity index (χ4v) is 4.18. The molecule has 2 aromatic heterocycles. The van der Waals surface area contributed by atoms with Gasteiger partial charge in [-0.05, 0) is 12.1 Å². The number of rotatable bonds is 3. The highest BCUT2D eigenvalue weighted by molar-refractivity contribution is 6.45. The zero-order valence-corrected chi connectivity index (χ0v) is 17.6. The smallest absolute Gasteiger partial charge is 0.320 e. The number of ketones is 1. The monoisotopic (exact) mass is 456 g/mol. The number of Topliss-reactive ketones (excluding diaryl/α,β-unsaturated/α-hetero) is 1. The van der Waals surface area contributed by atoms with E-state index in [-0.39, 0.29) is 35.9 Å². The molecule has 1 aromatic carbocycles. The lowest BCUT2D eigenvalue weighted by Gasteiger charge is -2.38. The molecular formula is C21H21FN6O5. The van der Waals surface area contributed by atoms with Crippen molar-refractivity contribution in [3.8, 4) is 11.4 Å². The van der Waals surface area contributed by atoms with E-state index >= 15 is 0 Å². The van der Waals surface area contributed by atoms with Gasteiger partial charge in [-0.1, -0.05) is 5.16 Å². The van der Waals surface area contributed by atoms with Crippen LogP contribution in [0, 0.1) is 5.82 Å². The Kier molecular flexibility index (Phi) is 5.50. The van der Waals surface area contributed by atoms with Gasteiger partial charge in [-0.15, -0.1) is 0 Å². The molecule has 0 radical (unpaired) electrons. The van der Waals surface area contributed by atoms with Crippen LogP contribution in [-0.2, 0) is 9.53 Å². The van der Waals surface area contributed by atoms with Crippen LogP contribution in [-0.4, -0.2) is 100 Å². The molecule has 2 aliphatic heterocycles. The number of hydrogen-bond donors (Lipinski definition) is 1. The van der Waals surface area contributed by atoms with Crippen molar-refractivity contribution < 1.29 is 28.0 Å². The van der Waals surface area contributed by atoms with Gasteiger partial charge < -0.3 is 28.9 Å². The lowest BCUT2D eigenvalue weighted by atomic mass is 10.0. The Balaban J connectivity index is 1.31. The summed E-state index contributed by atoms with van der Waals surface area (Å²) in [4.78, 5) is 50.2. The molecule has 1 N–H and O–H groups in total. The topological polar surface area (TPSA) is 125 Å². The van der Waals surface area contributed by atoms with Crippen LogP contribution < -0.4 is 0 Å². The SMILES string of the molecule is O=C(C(=O)N1CCN(C(=O)N2CCOCC2)CC1)c1c[nH]c2c(-c3ncon3)ccc(F)c12. The number of hydrogen-bond acceptors (Lipinski definition) is 7. The van der Waals surface area contributed by atoms with Crippen LogP contribution in [0.15, 0.2) is 29.2 Å². The normalized spacial score (nSPS) is 16.9. The first-order valence-corrected chi connectivity index (χ1v) is 10.6. The van der Waals surface area contributed by atoms with E-state index in [9.17, 15) is 18.8 Å². The highest BCUT2D eigenvalue weighted by atomic mass is 19.1. The third-order valence-corrected chi connectivity index (χ3v) is 5.94. The third-order valence-electron chi connectivity index (χ3n) is 5.94. The van der Waals surface area contributed by atoms with Crippen molar-refractivity contribution in [2.45, 2.75) is 0 Å². The number of carbonyl (C=O) groups excluding carboxylic acids is 3. The van der Waals surface area contributed by atoms with Gasteiger partial charge in [0.15, 0.2) is 0 Å². The Labute approximate surface area is 187 Å². The number of nitrogens with one attached hydrogen (secondary N) is 1. The summed E-state index contributed by atoms with van der Waals surface area (Å²) in [6, 6.07) is 2.57. The fourth-order valence-electron chi connectivity index (χ4n) is 4.18. The van der Waals surface area contributed by atoms with E-state index in [0.29, 0.717) is 50.5 Å².